The highest BCUT2D eigenvalue weighted by Crippen LogP contribution is 2.12. The molecule has 0 aromatic carbocycles. The molecular weight excluding hydrogens is 176 g/mol. The lowest BCUT2D eigenvalue weighted by atomic mass is 10.2. The highest BCUT2D eigenvalue weighted by molar-refractivity contribution is 5.54. The van der Waals surface area contributed by atoms with Crippen LogP contribution in [0.1, 0.15) is 32.6 Å². The normalized spacial score (nSPS) is 20.1. The zero-order chi connectivity index (χ0) is 10.2. The van der Waals surface area contributed by atoms with Crippen LogP contribution in [0.15, 0.2) is 22.6 Å². The standard InChI is InChI=1S/C10H18N4/c1-2-3-4-9-14-10(5-7-11)6-8-12-13-14/h6-8,10-11H,2-5,9H2,1H3. The molecule has 0 saturated carbocycles. The molecule has 1 rings (SSSR count). The van der Waals surface area contributed by atoms with Gasteiger partial charge in [-0.2, -0.15) is 0 Å². The van der Waals surface area contributed by atoms with Gasteiger partial charge in [0.1, 0.15) is 0 Å². The number of nitrogens with zero attached hydrogens (tertiary/aromatic N) is 3. The SMILES string of the molecule is CCCCCN1N=NC=CC1CC=N. The fourth-order valence-electron chi connectivity index (χ4n) is 1.45. The molecule has 78 valence electrons. The van der Waals surface area contributed by atoms with Gasteiger partial charge in [0.05, 0.1) is 6.04 Å². The third kappa shape index (κ3) is 3.28. The van der Waals surface area contributed by atoms with Crippen molar-refractivity contribution in [1.29, 1.82) is 5.41 Å². The van der Waals surface area contributed by atoms with E-state index in [9.17, 15) is 0 Å². The van der Waals surface area contributed by atoms with Crippen LogP contribution in [0.5, 0.6) is 0 Å². The Morgan fingerprint density at radius 2 is 2.36 bits per heavy atom. The first-order valence-corrected chi connectivity index (χ1v) is 5.21. The van der Waals surface area contributed by atoms with Gasteiger partial charge < -0.3 is 5.41 Å². The average molecular weight is 194 g/mol. The summed E-state index contributed by atoms with van der Waals surface area (Å²) in [7, 11) is 0. The van der Waals surface area contributed by atoms with E-state index >= 15 is 0 Å². The third-order valence-corrected chi connectivity index (χ3v) is 2.27. The van der Waals surface area contributed by atoms with Crippen LogP contribution >= 0.6 is 0 Å². The Labute approximate surface area is 85.2 Å². The molecule has 0 bridgehead atoms. The lowest BCUT2D eigenvalue weighted by Gasteiger charge is -2.26. The van der Waals surface area contributed by atoms with Crippen molar-refractivity contribution >= 4 is 6.21 Å². The number of hydrogen-bond donors (Lipinski definition) is 1. The highest BCUT2D eigenvalue weighted by atomic mass is 15.6. The van der Waals surface area contributed by atoms with Crippen LogP contribution in [0.25, 0.3) is 0 Å². The molecule has 0 spiro atoms. The van der Waals surface area contributed by atoms with E-state index in [0.29, 0.717) is 0 Å². The summed E-state index contributed by atoms with van der Waals surface area (Å²) in [5.74, 6) is 0. The molecule has 1 atom stereocenters. The number of unbranched alkanes of at least 4 members (excludes halogenated alkanes) is 2. The lowest BCUT2D eigenvalue weighted by molar-refractivity contribution is 0.216. The molecule has 14 heavy (non-hydrogen) atoms. The van der Waals surface area contributed by atoms with Gasteiger partial charge >= 0.3 is 0 Å². The summed E-state index contributed by atoms with van der Waals surface area (Å²) >= 11 is 0. The Morgan fingerprint density at radius 1 is 1.50 bits per heavy atom. The van der Waals surface area contributed by atoms with E-state index in [0.717, 1.165) is 19.4 Å². The van der Waals surface area contributed by atoms with Crippen LogP contribution in [-0.2, 0) is 0 Å². The summed E-state index contributed by atoms with van der Waals surface area (Å²) in [4.78, 5) is 0. The first kappa shape index (κ1) is 10.9. The fraction of sp³-hybridized carbons (Fsp3) is 0.700. The minimum atomic E-state index is 0.238. The molecule has 0 radical (unpaired) electrons. The van der Waals surface area contributed by atoms with Crippen molar-refractivity contribution in [3.8, 4) is 0 Å². The van der Waals surface area contributed by atoms with Crippen molar-refractivity contribution in [2.45, 2.75) is 38.6 Å². The van der Waals surface area contributed by atoms with Crippen LogP contribution in [0.3, 0.4) is 0 Å². The van der Waals surface area contributed by atoms with Crippen molar-refractivity contribution in [1.82, 2.24) is 5.01 Å². The summed E-state index contributed by atoms with van der Waals surface area (Å²) in [6.07, 6.45) is 9.47. The van der Waals surface area contributed by atoms with E-state index in [4.69, 9.17) is 5.41 Å². The van der Waals surface area contributed by atoms with Gasteiger partial charge in [0, 0.05) is 19.2 Å². The number of hydrogen-bond acceptors (Lipinski definition) is 4. The average Bonchev–Trinajstić information content (AvgIpc) is 2.21. The molecule has 4 heteroatoms. The van der Waals surface area contributed by atoms with Crippen molar-refractivity contribution < 1.29 is 0 Å². The first-order valence-electron chi connectivity index (χ1n) is 5.21. The molecule has 0 amide bonds. The van der Waals surface area contributed by atoms with Gasteiger partial charge in [-0.15, -0.1) is 5.11 Å². The largest absolute Gasteiger partial charge is 0.313 e. The second-order valence-electron chi connectivity index (χ2n) is 3.42. The predicted molar refractivity (Wildman–Crippen MR) is 57.4 cm³/mol. The smallest absolute Gasteiger partial charge is 0.0735 e. The van der Waals surface area contributed by atoms with E-state index in [1.807, 2.05) is 11.1 Å². The molecule has 1 heterocycles. The summed E-state index contributed by atoms with van der Waals surface area (Å²) in [5, 5.41) is 17.0. The molecule has 0 fully saturated rings. The van der Waals surface area contributed by atoms with Crippen LogP contribution in [-0.4, -0.2) is 23.8 Å². The van der Waals surface area contributed by atoms with Crippen LogP contribution in [0.4, 0.5) is 0 Å². The molecular formula is C10H18N4. The number of nitrogens with one attached hydrogen (secondary N) is 1. The molecule has 1 unspecified atom stereocenters. The lowest BCUT2D eigenvalue weighted by Crippen LogP contribution is -2.31. The minimum Gasteiger partial charge on any atom is -0.313 e. The molecule has 0 aromatic heterocycles. The molecule has 1 aliphatic rings. The highest BCUT2D eigenvalue weighted by Gasteiger charge is 2.14. The third-order valence-electron chi connectivity index (χ3n) is 2.27. The quantitative estimate of drug-likeness (QED) is 0.513. The van der Waals surface area contributed by atoms with Crippen molar-refractivity contribution in [3.05, 3.63) is 12.3 Å². The van der Waals surface area contributed by atoms with E-state index in [-0.39, 0.29) is 6.04 Å². The monoisotopic (exact) mass is 194 g/mol. The Hall–Kier alpha value is -1.19. The first-order chi connectivity index (χ1) is 6.88. The molecule has 1 aliphatic heterocycles. The second-order valence-corrected chi connectivity index (χ2v) is 3.42. The molecule has 0 aliphatic carbocycles. The van der Waals surface area contributed by atoms with Crippen LogP contribution < -0.4 is 0 Å². The topological polar surface area (TPSA) is 51.8 Å². The van der Waals surface area contributed by atoms with E-state index in [1.54, 1.807) is 6.20 Å². The van der Waals surface area contributed by atoms with Gasteiger partial charge in [0.15, 0.2) is 0 Å². The van der Waals surface area contributed by atoms with Crippen molar-refractivity contribution in [3.63, 3.8) is 0 Å². The van der Waals surface area contributed by atoms with Gasteiger partial charge in [0.2, 0.25) is 0 Å². The molecule has 1 N–H and O–H groups in total. The summed E-state index contributed by atoms with van der Waals surface area (Å²) in [6, 6.07) is 0.238. The van der Waals surface area contributed by atoms with Gasteiger partial charge in [-0.25, -0.2) is 0 Å². The van der Waals surface area contributed by atoms with Crippen molar-refractivity contribution in [2.24, 2.45) is 10.3 Å². The Balaban J connectivity index is 2.36. The maximum atomic E-state index is 7.08. The molecule has 4 nitrogen and oxygen atoms in total. The van der Waals surface area contributed by atoms with Crippen molar-refractivity contribution in [2.75, 3.05) is 6.54 Å². The van der Waals surface area contributed by atoms with Gasteiger partial charge in [-0.1, -0.05) is 25.0 Å². The van der Waals surface area contributed by atoms with Crippen LogP contribution in [0.2, 0.25) is 0 Å². The predicted octanol–water partition coefficient (Wildman–Crippen LogP) is 2.78. The summed E-state index contributed by atoms with van der Waals surface area (Å²) < 4.78 is 0. The Kier molecular flexibility index (Phi) is 4.89. The second kappa shape index (κ2) is 6.29. The summed E-state index contributed by atoms with van der Waals surface area (Å²) in [6.45, 7) is 3.13. The van der Waals surface area contributed by atoms with E-state index in [1.165, 1.54) is 19.1 Å². The van der Waals surface area contributed by atoms with E-state index < -0.39 is 0 Å². The zero-order valence-electron chi connectivity index (χ0n) is 8.69. The Bertz CT molecular complexity index is 222. The minimum absolute atomic E-state index is 0.238. The molecule has 0 aromatic rings. The van der Waals surface area contributed by atoms with E-state index in [2.05, 4.69) is 17.3 Å². The van der Waals surface area contributed by atoms with Gasteiger partial charge in [0.25, 0.3) is 0 Å². The van der Waals surface area contributed by atoms with Gasteiger partial charge in [-0.05, 0) is 18.7 Å². The Morgan fingerprint density at radius 3 is 3.07 bits per heavy atom. The zero-order valence-corrected chi connectivity index (χ0v) is 8.69. The number of rotatable bonds is 6. The maximum Gasteiger partial charge on any atom is 0.0735 e. The molecule has 0 saturated heterocycles. The summed E-state index contributed by atoms with van der Waals surface area (Å²) in [5.41, 5.74) is 0. The van der Waals surface area contributed by atoms with Gasteiger partial charge in [-0.3, -0.25) is 5.01 Å². The van der Waals surface area contributed by atoms with Crippen LogP contribution in [0, 0.1) is 5.41 Å². The fourth-order valence-corrected chi connectivity index (χ4v) is 1.45. The maximum absolute atomic E-state index is 7.08.